The maximum Gasteiger partial charge on any atom is 0.320 e. The Morgan fingerprint density at radius 3 is 2.03 bits per heavy atom. The highest BCUT2D eigenvalue weighted by Crippen LogP contribution is 2.23. The molecule has 6 nitrogen and oxygen atoms in total. The van der Waals surface area contributed by atoms with E-state index in [1.165, 1.54) is 5.56 Å². The molecule has 0 aliphatic heterocycles. The molecule has 2 aromatic rings. The van der Waals surface area contributed by atoms with Gasteiger partial charge < -0.3 is 19.9 Å². The van der Waals surface area contributed by atoms with Gasteiger partial charge >= 0.3 is 11.9 Å². The Morgan fingerprint density at radius 2 is 1.50 bits per heavy atom. The van der Waals surface area contributed by atoms with Crippen LogP contribution in [0.1, 0.15) is 64.3 Å². The topological polar surface area (TPSA) is 84.9 Å². The average molecular weight is 442 g/mol. The van der Waals surface area contributed by atoms with Crippen LogP contribution in [0.25, 0.3) is 0 Å². The molecule has 0 aliphatic carbocycles. The molecule has 0 bridgehead atoms. The number of aliphatic hydroxyl groups is 1. The van der Waals surface area contributed by atoms with Gasteiger partial charge in [0.15, 0.2) is 0 Å². The Bertz CT molecular complexity index is 890. The minimum Gasteiger partial charge on any atom is -0.459 e. The Hall–Kier alpha value is -2.70. The van der Waals surface area contributed by atoms with Gasteiger partial charge in [0.05, 0.1) is 19.1 Å². The van der Waals surface area contributed by atoms with Crippen molar-refractivity contribution in [3.63, 3.8) is 0 Å². The Labute approximate surface area is 190 Å². The maximum absolute atomic E-state index is 12.3. The number of esters is 2. The molecular weight excluding hydrogens is 406 g/mol. The summed E-state index contributed by atoms with van der Waals surface area (Å²) in [6.07, 6.45) is -0.618. The molecule has 2 aromatic carbocycles. The quantitative estimate of drug-likeness (QED) is 0.474. The summed E-state index contributed by atoms with van der Waals surface area (Å²) in [5.74, 6) is -0.306. The van der Waals surface area contributed by atoms with E-state index in [-0.39, 0.29) is 36.9 Å². The second-order valence-corrected chi connectivity index (χ2v) is 9.90. The molecule has 0 spiro atoms. The SMILES string of the molecule is CC(C)(C)OC(=O)CNCC(O)c1ccc(OC(=O)Cc2ccc(C(C)(C)C)cc2)cc1. The van der Waals surface area contributed by atoms with Crippen LogP contribution in [-0.4, -0.2) is 35.7 Å². The van der Waals surface area contributed by atoms with Crippen LogP contribution in [0.15, 0.2) is 48.5 Å². The summed E-state index contributed by atoms with van der Waals surface area (Å²) < 4.78 is 10.6. The predicted octanol–water partition coefficient (Wildman–Crippen LogP) is 4.10. The normalized spacial score (nSPS) is 12.8. The van der Waals surface area contributed by atoms with Gasteiger partial charge in [-0.2, -0.15) is 0 Å². The molecule has 0 heterocycles. The second-order valence-electron chi connectivity index (χ2n) is 9.90. The highest BCUT2D eigenvalue weighted by atomic mass is 16.6. The molecule has 1 atom stereocenters. The molecule has 0 saturated carbocycles. The Kier molecular flexibility index (Phi) is 8.58. The monoisotopic (exact) mass is 441 g/mol. The van der Waals surface area contributed by atoms with Gasteiger partial charge in [0.25, 0.3) is 0 Å². The molecule has 0 aliphatic rings. The molecule has 6 heteroatoms. The molecule has 32 heavy (non-hydrogen) atoms. The van der Waals surface area contributed by atoms with Gasteiger partial charge in [0, 0.05) is 6.54 Å². The maximum atomic E-state index is 12.3. The fourth-order valence-corrected chi connectivity index (χ4v) is 3.02. The molecular formula is C26H35NO5. The number of ether oxygens (including phenoxy) is 2. The summed E-state index contributed by atoms with van der Waals surface area (Å²) in [6, 6.07) is 14.7. The van der Waals surface area contributed by atoms with Crippen molar-refractivity contribution >= 4 is 11.9 Å². The third kappa shape index (κ3) is 8.81. The number of rotatable bonds is 8. The summed E-state index contributed by atoms with van der Waals surface area (Å²) in [6.45, 7) is 12.1. The van der Waals surface area contributed by atoms with E-state index in [0.29, 0.717) is 11.3 Å². The van der Waals surface area contributed by atoms with Gasteiger partial charge in [-0.3, -0.25) is 9.59 Å². The third-order valence-corrected chi connectivity index (χ3v) is 4.69. The molecule has 0 saturated heterocycles. The lowest BCUT2D eigenvalue weighted by molar-refractivity contribution is -0.153. The van der Waals surface area contributed by atoms with Crippen molar-refractivity contribution in [2.75, 3.05) is 13.1 Å². The van der Waals surface area contributed by atoms with Crippen LogP contribution < -0.4 is 10.1 Å². The minimum atomic E-state index is -0.802. The Balaban J connectivity index is 1.81. The predicted molar refractivity (Wildman–Crippen MR) is 125 cm³/mol. The molecule has 2 rings (SSSR count). The van der Waals surface area contributed by atoms with Crippen molar-refractivity contribution < 1.29 is 24.2 Å². The van der Waals surface area contributed by atoms with E-state index in [1.807, 2.05) is 24.3 Å². The van der Waals surface area contributed by atoms with Crippen LogP contribution in [0.3, 0.4) is 0 Å². The first-order valence-corrected chi connectivity index (χ1v) is 10.8. The highest BCUT2D eigenvalue weighted by Gasteiger charge is 2.17. The average Bonchev–Trinajstić information content (AvgIpc) is 2.66. The molecule has 2 N–H and O–H groups in total. The van der Waals surface area contributed by atoms with Crippen LogP contribution in [0.4, 0.5) is 0 Å². The van der Waals surface area contributed by atoms with Crippen LogP contribution in [0.5, 0.6) is 5.75 Å². The number of hydrogen-bond acceptors (Lipinski definition) is 6. The smallest absolute Gasteiger partial charge is 0.320 e. The minimum absolute atomic E-state index is 0.0146. The van der Waals surface area contributed by atoms with Gasteiger partial charge in [-0.1, -0.05) is 57.2 Å². The molecule has 0 fully saturated rings. The first kappa shape index (κ1) is 25.6. The van der Waals surface area contributed by atoms with Crippen LogP contribution in [0.2, 0.25) is 0 Å². The van der Waals surface area contributed by atoms with Crippen molar-refractivity contribution in [1.82, 2.24) is 5.32 Å². The van der Waals surface area contributed by atoms with E-state index in [1.54, 1.807) is 45.0 Å². The first-order valence-electron chi connectivity index (χ1n) is 10.8. The lowest BCUT2D eigenvalue weighted by atomic mass is 9.86. The fourth-order valence-electron chi connectivity index (χ4n) is 3.02. The van der Waals surface area contributed by atoms with E-state index in [9.17, 15) is 14.7 Å². The molecule has 0 radical (unpaired) electrons. The molecule has 174 valence electrons. The summed E-state index contributed by atoms with van der Waals surface area (Å²) in [5.41, 5.74) is 2.28. The molecule has 1 unspecified atom stereocenters. The Morgan fingerprint density at radius 1 is 0.906 bits per heavy atom. The summed E-state index contributed by atoms with van der Waals surface area (Å²) in [4.78, 5) is 24.0. The fraction of sp³-hybridized carbons (Fsp3) is 0.462. The lowest BCUT2D eigenvalue weighted by Gasteiger charge is -2.20. The van der Waals surface area contributed by atoms with Gasteiger partial charge in [-0.25, -0.2) is 0 Å². The second kappa shape index (κ2) is 10.7. The van der Waals surface area contributed by atoms with Gasteiger partial charge in [0.1, 0.15) is 11.4 Å². The zero-order valence-corrected chi connectivity index (χ0v) is 19.9. The summed E-state index contributed by atoms with van der Waals surface area (Å²) in [7, 11) is 0. The van der Waals surface area contributed by atoms with E-state index >= 15 is 0 Å². The zero-order chi connectivity index (χ0) is 23.9. The number of aliphatic hydroxyl groups excluding tert-OH is 1. The number of benzene rings is 2. The van der Waals surface area contributed by atoms with E-state index in [2.05, 4.69) is 26.1 Å². The van der Waals surface area contributed by atoms with Crippen molar-refractivity contribution in [1.29, 1.82) is 0 Å². The highest BCUT2D eigenvalue weighted by molar-refractivity contribution is 5.75. The van der Waals surface area contributed by atoms with Crippen LogP contribution in [0, 0.1) is 0 Å². The van der Waals surface area contributed by atoms with Gasteiger partial charge in [0.2, 0.25) is 0 Å². The van der Waals surface area contributed by atoms with Crippen molar-refractivity contribution in [3.8, 4) is 5.75 Å². The summed E-state index contributed by atoms with van der Waals surface area (Å²) in [5, 5.41) is 13.2. The van der Waals surface area contributed by atoms with E-state index in [4.69, 9.17) is 9.47 Å². The molecule has 0 aromatic heterocycles. The van der Waals surface area contributed by atoms with Crippen molar-refractivity contribution in [3.05, 3.63) is 65.2 Å². The number of nitrogens with one attached hydrogen (secondary N) is 1. The van der Waals surface area contributed by atoms with E-state index < -0.39 is 11.7 Å². The number of carbonyl (C=O) groups is 2. The summed E-state index contributed by atoms with van der Waals surface area (Å²) >= 11 is 0. The first-order chi connectivity index (χ1) is 14.8. The standard InChI is InChI=1S/C26H35NO5/c1-25(2,3)20-11-7-18(8-12-20)15-23(29)31-21-13-9-19(10-14-21)22(28)16-27-17-24(30)32-26(4,5)6/h7-14,22,27-28H,15-17H2,1-6H3. The van der Waals surface area contributed by atoms with Crippen LogP contribution in [-0.2, 0) is 26.2 Å². The zero-order valence-electron chi connectivity index (χ0n) is 19.9. The van der Waals surface area contributed by atoms with Gasteiger partial charge in [-0.05, 0) is 55.0 Å². The van der Waals surface area contributed by atoms with Crippen molar-refractivity contribution in [2.45, 2.75) is 65.1 Å². The number of carbonyl (C=O) groups excluding carboxylic acids is 2. The van der Waals surface area contributed by atoms with Gasteiger partial charge in [-0.15, -0.1) is 0 Å². The largest absolute Gasteiger partial charge is 0.459 e. The van der Waals surface area contributed by atoms with Crippen molar-refractivity contribution in [2.24, 2.45) is 0 Å². The van der Waals surface area contributed by atoms with E-state index in [0.717, 1.165) is 5.56 Å². The molecule has 0 amide bonds. The van der Waals surface area contributed by atoms with Crippen LogP contribution >= 0.6 is 0 Å². The lowest BCUT2D eigenvalue weighted by Crippen LogP contribution is -2.33. The number of hydrogen-bond donors (Lipinski definition) is 2. The third-order valence-electron chi connectivity index (χ3n) is 4.69.